The van der Waals surface area contributed by atoms with Gasteiger partial charge in [0, 0.05) is 16.8 Å². The molecular weight excluding hydrogens is 430 g/mol. The van der Waals surface area contributed by atoms with Crippen LogP contribution in [0.15, 0.2) is 77.1 Å². The zero-order chi connectivity index (χ0) is 23.7. The quantitative estimate of drug-likeness (QED) is 0.298. The highest BCUT2D eigenvalue weighted by Crippen LogP contribution is 2.41. The Morgan fingerprint density at radius 1 is 0.941 bits per heavy atom. The summed E-state index contributed by atoms with van der Waals surface area (Å²) in [6, 6.07) is 15.8. The third-order valence-corrected chi connectivity index (χ3v) is 6.95. The number of carbonyl (C=O) groups is 2. The normalized spacial score (nSPS) is 20.6. The van der Waals surface area contributed by atoms with E-state index in [0.717, 1.165) is 43.2 Å². The molecule has 5 rings (SSSR count). The second kappa shape index (κ2) is 9.21. The van der Waals surface area contributed by atoms with Gasteiger partial charge < -0.3 is 14.3 Å². The van der Waals surface area contributed by atoms with Crippen LogP contribution in [0.5, 0.6) is 5.75 Å². The third-order valence-electron chi connectivity index (χ3n) is 6.95. The van der Waals surface area contributed by atoms with Gasteiger partial charge in [0.1, 0.15) is 11.5 Å². The Kier molecular flexibility index (Phi) is 5.97. The van der Waals surface area contributed by atoms with E-state index in [9.17, 15) is 14.7 Å². The van der Waals surface area contributed by atoms with Gasteiger partial charge in [0.25, 0.3) is 11.7 Å². The van der Waals surface area contributed by atoms with E-state index in [1.807, 2.05) is 30.3 Å². The second-order valence-corrected chi connectivity index (χ2v) is 8.90. The first-order chi connectivity index (χ1) is 16.6. The Bertz CT molecular complexity index is 1200. The van der Waals surface area contributed by atoms with E-state index in [1.54, 1.807) is 48.8 Å². The van der Waals surface area contributed by atoms with Crippen molar-refractivity contribution in [3.05, 3.63) is 78.3 Å². The average molecular weight is 458 g/mol. The zero-order valence-corrected chi connectivity index (χ0v) is 19.1. The van der Waals surface area contributed by atoms with Gasteiger partial charge in [-0.2, -0.15) is 0 Å². The van der Waals surface area contributed by atoms with Crippen molar-refractivity contribution in [2.45, 2.75) is 38.1 Å². The number of carbonyl (C=O) groups excluding carboxylic acids is 2. The molecule has 1 saturated carbocycles. The van der Waals surface area contributed by atoms with E-state index in [-0.39, 0.29) is 17.3 Å². The van der Waals surface area contributed by atoms with Crippen LogP contribution >= 0.6 is 0 Å². The van der Waals surface area contributed by atoms with E-state index in [1.165, 1.54) is 0 Å². The number of amides is 1. The molecule has 1 atom stereocenters. The fourth-order valence-electron chi connectivity index (χ4n) is 5.18. The molecule has 0 bridgehead atoms. The fourth-order valence-corrected chi connectivity index (χ4v) is 5.18. The van der Waals surface area contributed by atoms with E-state index < -0.39 is 17.7 Å². The van der Waals surface area contributed by atoms with Crippen LogP contribution < -0.4 is 9.64 Å². The summed E-state index contributed by atoms with van der Waals surface area (Å²) in [5.41, 5.74) is 3.24. The molecule has 0 radical (unpaired) electrons. The molecule has 1 amide bonds. The summed E-state index contributed by atoms with van der Waals surface area (Å²) in [5, 5.41) is 11.2. The van der Waals surface area contributed by atoms with Gasteiger partial charge in [-0.15, -0.1) is 0 Å². The zero-order valence-electron chi connectivity index (χ0n) is 19.1. The number of anilines is 1. The molecule has 2 aliphatic rings. The molecule has 2 aromatic carbocycles. The summed E-state index contributed by atoms with van der Waals surface area (Å²) in [4.78, 5) is 28.2. The summed E-state index contributed by atoms with van der Waals surface area (Å²) in [5.74, 6) is -0.606. The summed E-state index contributed by atoms with van der Waals surface area (Å²) in [6.45, 7) is 0. The molecule has 2 fully saturated rings. The van der Waals surface area contributed by atoms with Gasteiger partial charge in [-0.3, -0.25) is 14.5 Å². The number of ether oxygens (including phenoxy) is 1. The fraction of sp³-hybridized carbons (Fsp3) is 0.286. The highest BCUT2D eigenvalue weighted by atomic mass is 16.5. The number of methoxy groups -OCH3 is 1. The number of hydrogen-bond donors (Lipinski definition) is 1. The number of Topliss-reactive ketones (excluding diaryl/α,β-unsaturated/α-hetero) is 1. The Labute approximate surface area is 198 Å². The second-order valence-electron chi connectivity index (χ2n) is 8.90. The molecule has 3 aromatic rings. The number of aliphatic hydroxyl groups excluding tert-OH is 1. The first kappa shape index (κ1) is 22.0. The van der Waals surface area contributed by atoms with Crippen LogP contribution in [0, 0.1) is 5.92 Å². The molecule has 1 saturated heterocycles. The first-order valence-electron chi connectivity index (χ1n) is 11.7. The van der Waals surface area contributed by atoms with Crippen molar-refractivity contribution in [3.63, 3.8) is 0 Å². The predicted molar refractivity (Wildman–Crippen MR) is 130 cm³/mol. The minimum absolute atomic E-state index is 0.105. The van der Waals surface area contributed by atoms with E-state index in [0.29, 0.717) is 17.0 Å². The number of ketones is 1. The van der Waals surface area contributed by atoms with Gasteiger partial charge in [0.2, 0.25) is 0 Å². The van der Waals surface area contributed by atoms with Gasteiger partial charge >= 0.3 is 0 Å². The van der Waals surface area contributed by atoms with Crippen molar-refractivity contribution in [3.8, 4) is 16.9 Å². The maximum Gasteiger partial charge on any atom is 0.299 e. The largest absolute Gasteiger partial charge is 0.507 e. The van der Waals surface area contributed by atoms with Crippen LogP contribution in [0.2, 0.25) is 0 Å². The minimum Gasteiger partial charge on any atom is -0.507 e. The van der Waals surface area contributed by atoms with Crippen molar-refractivity contribution in [1.82, 2.24) is 0 Å². The molecule has 1 unspecified atom stereocenters. The number of aliphatic hydroxyl groups is 1. The van der Waals surface area contributed by atoms with Crippen molar-refractivity contribution in [2.75, 3.05) is 12.0 Å². The molecule has 1 aliphatic carbocycles. The molecule has 0 spiro atoms. The molecule has 6 nitrogen and oxygen atoms in total. The Morgan fingerprint density at radius 3 is 2.26 bits per heavy atom. The van der Waals surface area contributed by atoms with Crippen LogP contribution in [0.3, 0.4) is 0 Å². The van der Waals surface area contributed by atoms with Gasteiger partial charge in [-0.1, -0.05) is 31.4 Å². The van der Waals surface area contributed by atoms with Gasteiger partial charge in [-0.05, 0) is 66.8 Å². The van der Waals surface area contributed by atoms with Crippen LogP contribution in [0.4, 0.5) is 5.69 Å². The first-order valence-corrected chi connectivity index (χ1v) is 11.7. The van der Waals surface area contributed by atoms with E-state index in [2.05, 4.69) is 0 Å². The molecule has 1 aliphatic heterocycles. The number of furan rings is 1. The highest BCUT2D eigenvalue weighted by Gasteiger charge is 2.49. The standard InChI is InChI=1S/C28H27NO5/c1-33-23-13-9-20(10-14-23)26(30)24-25(19-5-3-2-4-6-19)29(28(32)27(24)31)22-11-7-18(8-12-22)21-15-16-34-17-21/h7-17,19,25,30H,2-6H2,1H3/b26-24-. The SMILES string of the molecule is COc1ccc(/C(O)=C2/C(=O)C(=O)N(c3ccc(-c4ccoc4)cc3)C2C2CCCCC2)cc1. The Morgan fingerprint density at radius 2 is 1.65 bits per heavy atom. The van der Waals surface area contributed by atoms with Crippen LogP contribution in [0.25, 0.3) is 16.9 Å². The summed E-state index contributed by atoms with van der Waals surface area (Å²) in [7, 11) is 1.57. The molecule has 1 N–H and O–H groups in total. The van der Waals surface area contributed by atoms with E-state index >= 15 is 0 Å². The number of hydrogen-bond acceptors (Lipinski definition) is 5. The van der Waals surface area contributed by atoms with Crippen molar-refractivity contribution >= 4 is 23.1 Å². The molecule has 174 valence electrons. The maximum atomic E-state index is 13.3. The third kappa shape index (κ3) is 3.89. The topological polar surface area (TPSA) is 80.0 Å². The highest BCUT2D eigenvalue weighted by molar-refractivity contribution is 6.51. The smallest absolute Gasteiger partial charge is 0.299 e. The van der Waals surface area contributed by atoms with Gasteiger partial charge in [0.05, 0.1) is 31.3 Å². The van der Waals surface area contributed by atoms with Crippen LogP contribution in [-0.2, 0) is 9.59 Å². The maximum absolute atomic E-state index is 13.3. The molecule has 6 heteroatoms. The average Bonchev–Trinajstić information content (AvgIpc) is 3.52. The van der Waals surface area contributed by atoms with Gasteiger partial charge in [-0.25, -0.2) is 0 Å². The molecule has 34 heavy (non-hydrogen) atoms. The Balaban J connectivity index is 1.58. The van der Waals surface area contributed by atoms with Crippen molar-refractivity contribution in [1.29, 1.82) is 0 Å². The van der Waals surface area contributed by atoms with Crippen molar-refractivity contribution < 1.29 is 23.8 Å². The molecule has 2 heterocycles. The van der Waals surface area contributed by atoms with Crippen LogP contribution in [-0.4, -0.2) is 29.9 Å². The number of benzene rings is 2. The minimum atomic E-state index is -0.636. The summed E-state index contributed by atoms with van der Waals surface area (Å²) >= 11 is 0. The predicted octanol–water partition coefficient (Wildman–Crippen LogP) is 5.79. The summed E-state index contributed by atoms with van der Waals surface area (Å²) < 4.78 is 10.4. The Hall–Kier alpha value is -3.80. The van der Waals surface area contributed by atoms with Gasteiger partial charge in [0.15, 0.2) is 0 Å². The summed E-state index contributed by atoms with van der Waals surface area (Å²) in [6.07, 6.45) is 8.35. The lowest BCUT2D eigenvalue weighted by molar-refractivity contribution is -0.132. The monoisotopic (exact) mass is 457 g/mol. The van der Waals surface area contributed by atoms with Crippen molar-refractivity contribution in [2.24, 2.45) is 5.92 Å². The lowest BCUT2D eigenvalue weighted by atomic mass is 9.80. The van der Waals surface area contributed by atoms with E-state index in [4.69, 9.17) is 9.15 Å². The lowest BCUT2D eigenvalue weighted by Gasteiger charge is -2.34. The number of rotatable bonds is 5. The molecular formula is C28H27NO5. The molecule has 1 aromatic heterocycles. The lowest BCUT2D eigenvalue weighted by Crippen LogP contribution is -2.40. The van der Waals surface area contributed by atoms with Crippen LogP contribution in [0.1, 0.15) is 37.7 Å². The number of nitrogens with zero attached hydrogens (tertiary/aromatic N) is 1.